The van der Waals surface area contributed by atoms with E-state index in [4.69, 9.17) is 5.11 Å². The van der Waals surface area contributed by atoms with Crippen LogP contribution in [0.5, 0.6) is 5.75 Å². The summed E-state index contributed by atoms with van der Waals surface area (Å²) in [6.45, 7) is 0. The number of aliphatic carboxylic acids is 1. The molecule has 0 aliphatic rings. The summed E-state index contributed by atoms with van der Waals surface area (Å²) in [5.41, 5.74) is 0.680. The monoisotopic (exact) mass is 348 g/mol. The van der Waals surface area contributed by atoms with Crippen molar-refractivity contribution in [3.8, 4) is 5.75 Å². The zero-order valence-corrected chi connectivity index (χ0v) is 14.6. The van der Waals surface area contributed by atoms with Crippen LogP contribution in [0.1, 0.15) is 15.9 Å². The van der Waals surface area contributed by atoms with Crippen molar-refractivity contribution in [2.45, 2.75) is 0 Å². The summed E-state index contributed by atoms with van der Waals surface area (Å²) in [5.74, 6) is -2.80. The first-order chi connectivity index (χ1) is 10.0. The van der Waals surface area contributed by atoms with Gasteiger partial charge in [-0.15, -0.1) is 0 Å². The van der Waals surface area contributed by atoms with Gasteiger partial charge in [0.05, 0.1) is 11.5 Å². The SMILES string of the molecule is O=C(O)c1ccccc1[O-].O=C([O-])C=Cc1ccccc1.[Zn+2]. The number of carbonyl (C=O) groups is 2. The summed E-state index contributed by atoms with van der Waals surface area (Å²) in [5, 5.41) is 29.0. The molecule has 0 bridgehead atoms. The van der Waals surface area contributed by atoms with Crippen molar-refractivity contribution >= 4 is 18.0 Å². The van der Waals surface area contributed by atoms with Crippen molar-refractivity contribution < 1.29 is 44.4 Å². The minimum absolute atomic E-state index is 0. The van der Waals surface area contributed by atoms with Crippen LogP contribution >= 0.6 is 0 Å². The second-order valence-electron chi connectivity index (χ2n) is 3.86. The molecule has 2 aromatic carbocycles. The molecule has 0 saturated carbocycles. The van der Waals surface area contributed by atoms with Gasteiger partial charge < -0.3 is 20.1 Å². The molecule has 0 amide bonds. The van der Waals surface area contributed by atoms with Crippen molar-refractivity contribution in [1.82, 2.24) is 0 Å². The van der Waals surface area contributed by atoms with Crippen molar-refractivity contribution in [2.24, 2.45) is 0 Å². The van der Waals surface area contributed by atoms with Gasteiger partial charge in [0.15, 0.2) is 0 Å². The Morgan fingerprint density at radius 1 is 0.955 bits per heavy atom. The number of carbonyl (C=O) groups excluding carboxylic acids is 1. The maximum absolute atomic E-state index is 10.7. The van der Waals surface area contributed by atoms with Gasteiger partial charge in [0.25, 0.3) is 0 Å². The molecule has 0 aromatic heterocycles. The molecular weight excluding hydrogens is 338 g/mol. The van der Waals surface area contributed by atoms with E-state index in [-0.39, 0.29) is 25.0 Å². The summed E-state index contributed by atoms with van der Waals surface area (Å²) in [6, 6.07) is 14.7. The first-order valence-corrected chi connectivity index (χ1v) is 5.94. The first kappa shape index (κ1) is 19.5. The Morgan fingerprint density at radius 2 is 1.50 bits per heavy atom. The molecule has 1 N–H and O–H groups in total. The van der Waals surface area contributed by atoms with Gasteiger partial charge in [-0.25, -0.2) is 4.79 Å². The quantitative estimate of drug-likeness (QED) is 0.655. The Balaban J connectivity index is 0.000000385. The number of hydrogen-bond acceptors (Lipinski definition) is 4. The third-order valence-corrected chi connectivity index (χ3v) is 2.33. The van der Waals surface area contributed by atoms with E-state index < -0.39 is 17.7 Å². The Kier molecular flexibility index (Phi) is 9.15. The Labute approximate surface area is 140 Å². The fourth-order valence-corrected chi connectivity index (χ4v) is 1.37. The van der Waals surface area contributed by atoms with E-state index in [0.29, 0.717) is 0 Å². The van der Waals surface area contributed by atoms with E-state index in [1.807, 2.05) is 30.3 Å². The van der Waals surface area contributed by atoms with Crippen LogP contribution in [0.4, 0.5) is 0 Å². The van der Waals surface area contributed by atoms with Gasteiger partial charge in [0, 0.05) is 0 Å². The maximum atomic E-state index is 10.7. The van der Waals surface area contributed by atoms with E-state index in [9.17, 15) is 19.8 Å². The van der Waals surface area contributed by atoms with E-state index in [1.165, 1.54) is 30.3 Å². The van der Waals surface area contributed by atoms with Gasteiger partial charge in [-0.2, -0.15) is 0 Å². The van der Waals surface area contributed by atoms with Gasteiger partial charge in [-0.05, 0) is 17.7 Å². The second-order valence-corrected chi connectivity index (χ2v) is 3.86. The maximum Gasteiger partial charge on any atom is 2.00 e. The Hall–Kier alpha value is -2.46. The minimum Gasteiger partial charge on any atom is -0.872 e. The van der Waals surface area contributed by atoms with Crippen molar-refractivity contribution in [3.63, 3.8) is 0 Å². The Morgan fingerprint density at radius 3 is 1.95 bits per heavy atom. The molecule has 0 unspecified atom stereocenters. The normalized spacial score (nSPS) is 9.27. The van der Waals surface area contributed by atoms with Crippen molar-refractivity contribution in [3.05, 3.63) is 71.8 Å². The molecule has 0 aliphatic carbocycles. The van der Waals surface area contributed by atoms with Crippen LogP contribution in [-0.2, 0) is 24.3 Å². The van der Waals surface area contributed by atoms with Gasteiger partial charge in [-0.1, -0.05) is 60.4 Å². The molecule has 108 valence electrons. The molecule has 6 heteroatoms. The molecule has 0 heterocycles. The van der Waals surface area contributed by atoms with Crippen LogP contribution in [-0.4, -0.2) is 17.0 Å². The van der Waals surface area contributed by atoms with Gasteiger partial charge >= 0.3 is 25.4 Å². The predicted molar refractivity (Wildman–Crippen MR) is 73.3 cm³/mol. The zero-order chi connectivity index (χ0) is 15.7. The van der Waals surface area contributed by atoms with E-state index >= 15 is 0 Å². The van der Waals surface area contributed by atoms with Gasteiger partial charge in [-0.3, -0.25) is 0 Å². The standard InChI is InChI=1S/C9H8O2.C7H6O3.Zn/c10-9(11)7-6-8-4-2-1-3-5-8;8-6-4-2-1-3-5(6)7(9)10;/h1-7H,(H,10,11);1-4,8H,(H,9,10);/q;;+2/p-2. The number of rotatable bonds is 3. The number of benzene rings is 2. The van der Waals surface area contributed by atoms with Crippen LogP contribution < -0.4 is 10.2 Å². The van der Waals surface area contributed by atoms with Crippen molar-refractivity contribution in [1.29, 1.82) is 0 Å². The van der Waals surface area contributed by atoms with Crippen LogP contribution in [0.3, 0.4) is 0 Å². The third-order valence-electron chi connectivity index (χ3n) is 2.33. The molecule has 0 radical (unpaired) electrons. The molecule has 0 spiro atoms. The number of hydrogen-bond donors (Lipinski definition) is 1. The van der Waals surface area contributed by atoms with E-state index in [1.54, 1.807) is 0 Å². The Bertz CT molecular complexity index is 638. The van der Waals surface area contributed by atoms with E-state index in [2.05, 4.69) is 0 Å². The van der Waals surface area contributed by atoms with E-state index in [0.717, 1.165) is 11.6 Å². The molecule has 2 rings (SSSR count). The molecule has 5 nitrogen and oxygen atoms in total. The molecule has 0 atom stereocenters. The molecular formula is C16H12O5Zn. The van der Waals surface area contributed by atoms with Gasteiger partial charge in [0.1, 0.15) is 0 Å². The third kappa shape index (κ3) is 7.36. The summed E-state index contributed by atoms with van der Waals surface area (Å²) < 4.78 is 0. The molecule has 22 heavy (non-hydrogen) atoms. The largest absolute Gasteiger partial charge is 2.00 e. The summed E-state index contributed by atoms with van der Waals surface area (Å²) in [4.78, 5) is 20.2. The van der Waals surface area contributed by atoms with Gasteiger partial charge in [0.2, 0.25) is 0 Å². The fraction of sp³-hybridized carbons (Fsp3) is 0. The number of carboxylic acid groups (broad SMARTS) is 2. The average Bonchev–Trinajstić information content (AvgIpc) is 2.47. The minimum atomic E-state index is -1.18. The van der Waals surface area contributed by atoms with Crippen LogP contribution in [0.25, 0.3) is 6.08 Å². The fourth-order valence-electron chi connectivity index (χ4n) is 1.37. The summed E-state index contributed by atoms with van der Waals surface area (Å²) in [7, 11) is 0. The molecule has 0 saturated heterocycles. The number of carboxylic acids is 2. The molecule has 0 fully saturated rings. The van der Waals surface area contributed by atoms with Crippen LogP contribution in [0.2, 0.25) is 0 Å². The molecule has 2 aromatic rings. The van der Waals surface area contributed by atoms with Crippen molar-refractivity contribution in [2.75, 3.05) is 0 Å². The predicted octanol–water partition coefficient (Wildman–Crippen LogP) is 0.906. The number of para-hydroxylation sites is 1. The smallest absolute Gasteiger partial charge is 0.872 e. The summed E-state index contributed by atoms with van der Waals surface area (Å²) in [6.07, 6.45) is 2.50. The van der Waals surface area contributed by atoms with Crippen LogP contribution in [0.15, 0.2) is 60.7 Å². The first-order valence-electron chi connectivity index (χ1n) is 5.94. The topological polar surface area (TPSA) is 100 Å². The summed E-state index contributed by atoms with van der Waals surface area (Å²) >= 11 is 0. The second kappa shape index (κ2) is 10.3. The average molecular weight is 350 g/mol. The number of aromatic carboxylic acids is 1. The molecule has 0 aliphatic heterocycles. The van der Waals surface area contributed by atoms with Crippen LogP contribution in [0, 0.1) is 0 Å². The zero-order valence-electron chi connectivity index (χ0n) is 11.6.